The van der Waals surface area contributed by atoms with Crippen LogP contribution < -0.4 is 28.4 Å². The second-order valence-corrected chi connectivity index (χ2v) is 7.98. The van der Waals surface area contributed by atoms with Crippen LogP contribution in [0.25, 0.3) is 0 Å². The van der Waals surface area contributed by atoms with Crippen LogP contribution in [0.4, 0.5) is 0 Å². The van der Waals surface area contributed by atoms with Gasteiger partial charge in [-0.25, -0.2) is 0 Å². The summed E-state index contributed by atoms with van der Waals surface area (Å²) in [5.41, 5.74) is 1.64. The summed E-state index contributed by atoms with van der Waals surface area (Å²) in [4.78, 5) is 14.0. The molecule has 0 radical (unpaired) electrons. The van der Waals surface area contributed by atoms with Crippen molar-refractivity contribution in [2.45, 2.75) is 18.9 Å². The number of nitrogens with zero attached hydrogens (tertiary/aromatic N) is 1. The van der Waals surface area contributed by atoms with Crippen LogP contribution in [0.3, 0.4) is 0 Å². The number of aliphatic carboxylic acids is 1. The van der Waals surface area contributed by atoms with E-state index < -0.39 is 11.9 Å². The van der Waals surface area contributed by atoms with E-state index in [-0.39, 0.29) is 6.04 Å². The van der Waals surface area contributed by atoms with Crippen molar-refractivity contribution in [3.05, 3.63) is 35.4 Å². The van der Waals surface area contributed by atoms with Crippen LogP contribution in [0.15, 0.2) is 24.3 Å². The van der Waals surface area contributed by atoms with Gasteiger partial charge in [-0.15, -0.1) is 0 Å². The molecule has 1 aliphatic rings. The fourth-order valence-electron chi connectivity index (χ4n) is 4.56. The number of benzene rings is 2. The van der Waals surface area contributed by atoms with E-state index in [0.717, 1.165) is 17.5 Å². The number of hydrogen-bond donors (Lipinski definition) is 1. The van der Waals surface area contributed by atoms with Gasteiger partial charge in [0.1, 0.15) is 5.75 Å². The average molecular weight is 476 g/mol. The van der Waals surface area contributed by atoms with Gasteiger partial charge in [0.05, 0.1) is 54.6 Å². The standard InChI is InChI=1S/C25H33NO8/c1-29-18-13-20(31-3)19(30-2)12-17(18)23(26-9-7-8-15(14-26)25(27)28)16-10-21(32-4)24(34-6)22(11-16)33-5/h10-13,15,23H,7-9,14H2,1-6H3,(H,27,28). The van der Waals surface area contributed by atoms with Crippen LogP contribution >= 0.6 is 0 Å². The summed E-state index contributed by atoms with van der Waals surface area (Å²) in [6, 6.07) is 7.04. The number of likely N-dealkylation sites (tertiary alicyclic amines) is 1. The number of carboxylic acids is 1. The Labute approximate surface area is 200 Å². The van der Waals surface area contributed by atoms with Crippen molar-refractivity contribution in [3.8, 4) is 34.5 Å². The zero-order chi connectivity index (χ0) is 24.8. The Morgan fingerprint density at radius 2 is 1.38 bits per heavy atom. The number of piperidine rings is 1. The number of hydrogen-bond acceptors (Lipinski definition) is 8. The lowest BCUT2D eigenvalue weighted by Gasteiger charge is -2.38. The SMILES string of the molecule is COc1cc(OC)c(C(c2cc(OC)c(OC)c(OC)c2)N2CCCC(C(=O)O)C2)cc1OC. The molecule has 0 amide bonds. The number of carbonyl (C=O) groups is 1. The Kier molecular flexibility index (Phi) is 8.33. The smallest absolute Gasteiger partial charge is 0.307 e. The van der Waals surface area contributed by atoms with E-state index in [0.29, 0.717) is 54.0 Å². The molecule has 3 rings (SSSR count). The summed E-state index contributed by atoms with van der Waals surface area (Å²) in [6.07, 6.45) is 1.39. The predicted molar refractivity (Wildman–Crippen MR) is 126 cm³/mol. The highest BCUT2D eigenvalue weighted by molar-refractivity contribution is 5.70. The lowest BCUT2D eigenvalue weighted by molar-refractivity contribution is -0.143. The molecule has 1 fully saturated rings. The quantitative estimate of drug-likeness (QED) is 0.553. The van der Waals surface area contributed by atoms with Crippen molar-refractivity contribution in [2.24, 2.45) is 5.92 Å². The Bertz CT molecular complexity index is 984. The molecule has 2 atom stereocenters. The Hall–Kier alpha value is -3.33. The van der Waals surface area contributed by atoms with Gasteiger partial charge >= 0.3 is 5.97 Å². The summed E-state index contributed by atoms with van der Waals surface area (Å²) >= 11 is 0. The maximum absolute atomic E-state index is 11.8. The molecule has 0 aromatic heterocycles. The largest absolute Gasteiger partial charge is 0.496 e. The first-order valence-electron chi connectivity index (χ1n) is 11.0. The van der Waals surface area contributed by atoms with E-state index in [1.54, 1.807) is 48.7 Å². The molecule has 2 aromatic carbocycles. The van der Waals surface area contributed by atoms with Gasteiger partial charge in [0.25, 0.3) is 0 Å². The molecular formula is C25H33NO8. The molecule has 0 bridgehead atoms. The van der Waals surface area contributed by atoms with Gasteiger partial charge in [0, 0.05) is 18.2 Å². The minimum Gasteiger partial charge on any atom is -0.496 e. The Morgan fingerprint density at radius 3 is 1.88 bits per heavy atom. The molecule has 34 heavy (non-hydrogen) atoms. The van der Waals surface area contributed by atoms with Crippen LogP contribution in [0.2, 0.25) is 0 Å². The number of methoxy groups -OCH3 is 6. The van der Waals surface area contributed by atoms with Crippen LogP contribution in [0, 0.1) is 5.92 Å². The molecule has 1 aliphatic heterocycles. The normalized spacial score (nSPS) is 16.9. The van der Waals surface area contributed by atoms with Crippen molar-refractivity contribution < 1.29 is 38.3 Å². The van der Waals surface area contributed by atoms with Crippen molar-refractivity contribution in [1.82, 2.24) is 4.90 Å². The van der Waals surface area contributed by atoms with Gasteiger partial charge in [-0.3, -0.25) is 9.69 Å². The van der Waals surface area contributed by atoms with Gasteiger partial charge < -0.3 is 33.5 Å². The zero-order valence-electron chi connectivity index (χ0n) is 20.5. The summed E-state index contributed by atoms with van der Waals surface area (Å²) in [5.74, 6) is 1.90. The van der Waals surface area contributed by atoms with Crippen molar-refractivity contribution in [1.29, 1.82) is 0 Å². The molecule has 1 heterocycles. The number of rotatable bonds is 10. The van der Waals surface area contributed by atoms with Crippen LogP contribution in [-0.2, 0) is 4.79 Å². The third kappa shape index (κ3) is 4.94. The van der Waals surface area contributed by atoms with Crippen molar-refractivity contribution >= 4 is 5.97 Å². The Balaban J connectivity index is 2.26. The second-order valence-electron chi connectivity index (χ2n) is 7.98. The lowest BCUT2D eigenvalue weighted by Crippen LogP contribution is -2.41. The summed E-state index contributed by atoms with van der Waals surface area (Å²) in [5, 5.41) is 9.72. The molecule has 0 spiro atoms. The van der Waals surface area contributed by atoms with E-state index in [1.165, 1.54) is 0 Å². The fraction of sp³-hybridized carbons (Fsp3) is 0.480. The van der Waals surface area contributed by atoms with Crippen LogP contribution in [0.1, 0.15) is 30.0 Å². The maximum Gasteiger partial charge on any atom is 0.307 e. The third-order valence-corrected chi connectivity index (χ3v) is 6.20. The molecule has 0 saturated carbocycles. The van der Waals surface area contributed by atoms with Gasteiger partial charge in [0.15, 0.2) is 23.0 Å². The molecular weight excluding hydrogens is 442 g/mol. The van der Waals surface area contributed by atoms with Gasteiger partial charge in [-0.1, -0.05) is 0 Å². The molecule has 9 nitrogen and oxygen atoms in total. The first-order valence-corrected chi connectivity index (χ1v) is 11.0. The zero-order valence-corrected chi connectivity index (χ0v) is 20.5. The van der Waals surface area contributed by atoms with E-state index in [4.69, 9.17) is 28.4 Å². The molecule has 2 unspecified atom stereocenters. The van der Waals surface area contributed by atoms with E-state index >= 15 is 0 Å². The monoisotopic (exact) mass is 475 g/mol. The minimum absolute atomic E-state index is 0.370. The molecule has 186 valence electrons. The molecule has 1 N–H and O–H groups in total. The minimum atomic E-state index is -0.799. The summed E-state index contributed by atoms with van der Waals surface area (Å²) in [6.45, 7) is 1.09. The molecule has 1 saturated heterocycles. The van der Waals surface area contributed by atoms with Gasteiger partial charge in [-0.2, -0.15) is 0 Å². The fourth-order valence-corrected chi connectivity index (χ4v) is 4.56. The van der Waals surface area contributed by atoms with Crippen molar-refractivity contribution in [3.63, 3.8) is 0 Å². The topological polar surface area (TPSA) is 95.9 Å². The first kappa shape index (κ1) is 25.3. The van der Waals surface area contributed by atoms with E-state index in [2.05, 4.69) is 4.90 Å². The highest BCUT2D eigenvalue weighted by atomic mass is 16.5. The number of ether oxygens (including phenoxy) is 6. The Morgan fingerprint density at radius 1 is 0.824 bits per heavy atom. The number of carboxylic acid groups (broad SMARTS) is 1. The molecule has 2 aromatic rings. The van der Waals surface area contributed by atoms with E-state index in [1.807, 2.05) is 18.2 Å². The summed E-state index contributed by atoms with van der Waals surface area (Å²) < 4.78 is 33.5. The summed E-state index contributed by atoms with van der Waals surface area (Å²) in [7, 11) is 9.41. The van der Waals surface area contributed by atoms with Gasteiger partial charge in [-0.05, 0) is 43.1 Å². The highest BCUT2D eigenvalue weighted by Gasteiger charge is 2.34. The van der Waals surface area contributed by atoms with E-state index in [9.17, 15) is 9.90 Å². The third-order valence-electron chi connectivity index (χ3n) is 6.20. The molecule has 0 aliphatic carbocycles. The molecule has 9 heteroatoms. The predicted octanol–water partition coefficient (Wildman–Crippen LogP) is 3.62. The van der Waals surface area contributed by atoms with Crippen LogP contribution in [-0.4, -0.2) is 71.7 Å². The van der Waals surface area contributed by atoms with Crippen LogP contribution in [0.5, 0.6) is 34.5 Å². The van der Waals surface area contributed by atoms with Gasteiger partial charge in [0.2, 0.25) is 5.75 Å². The lowest BCUT2D eigenvalue weighted by atomic mass is 9.90. The maximum atomic E-state index is 11.8. The highest BCUT2D eigenvalue weighted by Crippen LogP contribution is 2.46. The second kappa shape index (κ2) is 11.2. The van der Waals surface area contributed by atoms with Crippen molar-refractivity contribution in [2.75, 3.05) is 55.7 Å². The average Bonchev–Trinajstić information content (AvgIpc) is 2.87. The first-order chi connectivity index (χ1) is 16.4.